The molecule has 142 valence electrons. The number of nitrogens with zero attached hydrogens (tertiary/aromatic N) is 2. The number of hydrogen-bond donors (Lipinski definition) is 1. The highest BCUT2D eigenvalue weighted by molar-refractivity contribution is 5.57. The van der Waals surface area contributed by atoms with Gasteiger partial charge in [-0.3, -0.25) is 9.80 Å². The fourth-order valence-corrected chi connectivity index (χ4v) is 4.32. The molecule has 0 bridgehead atoms. The molecule has 0 aromatic heterocycles. The molecule has 0 spiro atoms. The standard InChI is InChI=1S/C22H26N2O3/c25-22(26)27-20-11-13-23(14-12-20)19-15-24(16-19)21(17-7-3-1-4-8-17)18-9-5-2-6-10-18/h1-10,19-21H,11-16H2,(H,25,26). The number of carboxylic acid groups (broad SMARTS) is 1. The Morgan fingerprint density at radius 2 is 1.44 bits per heavy atom. The first-order chi connectivity index (χ1) is 13.2. The smallest absolute Gasteiger partial charge is 0.450 e. The molecule has 2 aromatic rings. The molecule has 2 fully saturated rings. The average Bonchev–Trinajstić information content (AvgIpc) is 2.66. The zero-order chi connectivity index (χ0) is 18.6. The molecule has 2 saturated heterocycles. The largest absolute Gasteiger partial charge is 0.506 e. The Morgan fingerprint density at radius 1 is 0.926 bits per heavy atom. The van der Waals surface area contributed by atoms with Gasteiger partial charge in [-0.1, -0.05) is 60.7 Å². The van der Waals surface area contributed by atoms with Crippen molar-refractivity contribution in [1.82, 2.24) is 9.80 Å². The summed E-state index contributed by atoms with van der Waals surface area (Å²) < 4.78 is 4.93. The molecule has 27 heavy (non-hydrogen) atoms. The highest BCUT2D eigenvalue weighted by atomic mass is 16.7. The topological polar surface area (TPSA) is 53.0 Å². The van der Waals surface area contributed by atoms with Gasteiger partial charge in [0.15, 0.2) is 0 Å². The maximum absolute atomic E-state index is 10.7. The van der Waals surface area contributed by atoms with Crippen LogP contribution in [0.1, 0.15) is 30.0 Å². The van der Waals surface area contributed by atoms with Crippen molar-refractivity contribution in [3.8, 4) is 0 Å². The minimum atomic E-state index is -1.16. The van der Waals surface area contributed by atoms with Crippen LogP contribution in [0.4, 0.5) is 4.79 Å². The lowest BCUT2D eigenvalue weighted by Gasteiger charge is -2.50. The van der Waals surface area contributed by atoms with Gasteiger partial charge < -0.3 is 9.84 Å². The van der Waals surface area contributed by atoms with Crippen molar-refractivity contribution in [2.75, 3.05) is 26.2 Å². The van der Waals surface area contributed by atoms with Gasteiger partial charge in [0, 0.05) is 32.2 Å². The van der Waals surface area contributed by atoms with Crippen molar-refractivity contribution >= 4 is 6.16 Å². The maximum Gasteiger partial charge on any atom is 0.506 e. The predicted octanol–water partition coefficient (Wildman–Crippen LogP) is 3.62. The van der Waals surface area contributed by atoms with Crippen LogP contribution in [0, 0.1) is 0 Å². The van der Waals surface area contributed by atoms with Crippen LogP contribution in [0.25, 0.3) is 0 Å². The van der Waals surface area contributed by atoms with Crippen molar-refractivity contribution in [3.63, 3.8) is 0 Å². The molecule has 2 aromatic carbocycles. The summed E-state index contributed by atoms with van der Waals surface area (Å²) >= 11 is 0. The third kappa shape index (κ3) is 4.15. The first-order valence-corrected chi connectivity index (χ1v) is 9.68. The first kappa shape index (κ1) is 18.0. The van der Waals surface area contributed by atoms with Crippen LogP contribution >= 0.6 is 0 Å². The molecule has 2 aliphatic rings. The average molecular weight is 366 g/mol. The normalized spacial score (nSPS) is 19.7. The Morgan fingerprint density at radius 3 is 1.93 bits per heavy atom. The minimum absolute atomic E-state index is 0.142. The molecule has 0 aliphatic carbocycles. The molecule has 5 heteroatoms. The number of rotatable bonds is 5. The van der Waals surface area contributed by atoms with Crippen LogP contribution in [0.5, 0.6) is 0 Å². The summed E-state index contributed by atoms with van der Waals surface area (Å²) in [6, 6.07) is 22.2. The van der Waals surface area contributed by atoms with Gasteiger partial charge in [0.05, 0.1) is 6.04 Å². The van der Waals surface area contributed by atoms with Crippen LogP contribution in [-0.2, 0) is 4.74 Å². The van der Waals surface area contributed by atoms with Gasteiger partial charge >= 0.3 is 6.16 Å². The van der Waals surface area contributed by atoms with Crippen molar-refractivity contribution in [2.24, 2.45) is 0 Å². The quantitative estimate of drug-likeness (QED) is 0.819. The highest BCUT2D eigenvalue weighted by Crippen LogP contribution is 2.34. The second-order valence-corrected chi connectivity index (χ2v) is 7.45. The van der Waals surface area contributed by atoms with E-state index in [1.165, 1.54) is 11.1 Å². The molecule has 5 nitrogen and oxygen atoms in total. The number of ether oxygens (including phenoxy) is 1. The first-order valence-electron chi connectivity index (χ1n) is 9.68. The second kappa shape index (κ2) is 8.11. The van der Waals surface area contributed by atoms with Gasteiger partial charge in [-0.2, -0.15) is 0 Å². The Labute approximate surface area is 160 Å². The van der Waals surface area contributed by atoms with Gasteiger partial charge in [-0.05, 0) is 24.0 Å². The van der Waals surface area contributed by atoms with Crippen LogP contribution in [0.2, 0.25) is 0 Å². The van der Waals surface area contributed by atoms with Crippen molar-refractivity contribution in [1.29, 1.82) is 0 Å². The van der Waals surface area contributed by atoms with E-state index in [1.54, 1.807) is 0 Å². The molecule has 2 aliphatic heterocycles. The van der Waals surface area contributed by atoms with Gasteiger partial charge in [-0.25, -0.2) is 4.79 Å². The van der Waals surface area contributed by atoms with E-state index in [2.05, 4.69) is 70.5 Å². The number of benzene rings is 2. The summed E-state index contributed by atoms with van der Waals surface area (Å²) in [6.45, 7) is 3.91. The van der Waals surface area contributed by atoms with Crippen LogP contribution in [-0.4, -0.2) is 59.4 Å². The Balaban J connectivity index is 1.39. The number of piperidine rings is 1. The molecule has 0 atom stereocenters. The lowest BCUT2D eigenvalue weighted by molar-refractivity contribution is -0.0282. The zero-order valence-electron chi connectivity index (χ0n) is 15.4. The summed E-state index contributed by atoms with van der Waals surface area (Å²) in [4.78, 5) is 15.7. The third-order valence-electron chi connectivity index (χ3n) is 5.75. The van der Waals surface area contributed by atoms with Gasteiger partial charge in [0.1, 0.15) is 6.10 Å². The van der Waals surface area contributed by atoms with E-state index in [-0.39, 0.29) is 12.1 Å². The summed E-state index contributed by atoms with van der Waals surface area (Å²) in [6.07, 6.45) is 0.292. The lowest BCUT2D eigenvalue weighted by Crippen LogP contribution is -2.61. The van der Waals surface area contributed by atoms with E-state index in [0.29, 0.717) is 6.04 Å². The van der Waals surface area contributed by atoms with Gasteiger partial charge in [0.2, 0.25) is 0 Å². The fourth-order valence-electron chi connectivity index (χ4n) is 4.32. The summed E-state index contributed by atoms with van der Waals surface area (Å²) in [5.41, 5.74) is 2.66. The van der Waals surface area contributed by atoms with Crippen molar-refractivity contribution in [3.05, 3.63) is 71.8 Å². The lowest BCUT2D eigenvalue weighted by atomic mass is 9.92. The number of carbonyl (C=O) groups is 1. The van der Waals surface area contributed by atoms with Crippen LogP contribution in [0.3, 0.4) is 0 Å². The Hall–Kier alpha value is -2.37. The third-order valence-corrected chi connectivity index (χ3v) is 5.75. The summed E-state index contributed by atoms with van der Waals surface area (Å²) in [7, 11) is 0. The summed E-state index contributed by atoms with van der Waals surface area (Å²) in [5, 5.41) is 8.77. The summed E-state index contributed by atoms with van der Waals surface area (Å²) in [5.74, 6) is 0. The minimum Gasteiger partial charge on any atom is -0.450 e. The predicted molar refractivity (Wildman–Crippen MR) is 104 cm³/mol. The Kier molecular flexibility index (Phi) is 5.41. The van der Waals surface area contributed by atoms with E-state index in [0.717, 1.165) is 39.0 Å². The molecule has 4 rings (SSSR count). The molecular weight excluding hydrogens is 340 g/mol. The zero-order valence-corrected chi connectivity index (χ0v) is 15.4. The van der Waals surface area contributed by atoms with E-state index < -0.39 is 6.16 Å². The second-order valence-electron chi connectivity index (χ2n) is 7.45. The number of hydrogen-bond acceptors (Lipinski definition) is 4. The molecule has 0 unspecified atom stereocenters. The highest BCUT2D eigenvalue weighted by Gasteiger charge is 2.38. The van der Waals surface area contributed by atoms with Gasteiger partial charge in [-0.15, -0.1) is 0 Å². The fraction of sp³-hybridized carbons (Fsp3) is 0.409. The van der Waals surface area contributed by atoms with E-state index in [9.17, 15) is 4.79 Å². The molecule has 0 radical (unpaired) electrons. The van der Waals surface area contributed by atoms with Crippen molar-refractivity contribution < 1.29 is 14.6 Å². The number of likely N-dealkylation sites (tertiary alicyclic amines) is 2. The van der Waals surface area contributed by atoms with Crippen LogP contribution < -0.4 is 0 Å². The molecule has 0 saturated carbocycles. The van der Waals surface area contributed by atoms with E-state index in [4.69, 9.17) is 9.84 Å². The monoisotopic (exact) mass is 366 g/mol. The molecule has 1 N–H and O–H groups in total. The van der Waals surface area contributed by atoms with Crippen LogP contribution in [0.15, 0.2) is 60.7 Å². The Bertz CT molecular complexity index is 699. The van der Waals surface area contributed by atoms with Crippen molar-refractivity contribution in [2.45, 2.75) is 31.0 Å². The van der Waals surface area contributed by atoms with E-state index in [1.807, 2.05) is 0 Å². The SMILES string of the molecule is O=C(O)OC1CCN(C2CN(C(c3ccccc3)c3ccccc3)C2)CC1. The molecular formula is C22H26N2O3. The molecule has 0 amide bonds. The van der Waals surface area contributed by atoms with E-state index >= 15 is 0 Å². The van der Waals surface area contributed by atoms with Gasteiger partial charge in [0.25, 0.3) is 0 Å². The molecule has 2 heterocycles. The maximum atomic E-state index is 10.7.